The zero-order valence-corrected chi connectivity index (χ0v) is 11.6. The lowest BCUT2D eigenvalue weighted by Gasteiger charge is -2.06. The summed E-state index contributed by atoms with van der Waals surface area (Å²) in [6, 6.07) is 2.88. The molecular formula is C10H15N3O3S2. The van der Waals surface area contributed by atoms with E-state index in [9.17, 15) is 8.42 Å². The van der Waals surface area contributed by atoms with Crippen molar-refractivity contribution < 1.29 is 13.2 Å². The van der Waals surface area contributed by atoms with Crippen LogP contribution in [0.4, 0.5) is 0 Å². The molecule has 18 heavy (non-hydrogen) atoms. The first-order valence-electron chi connectivity index (χ1n) is 5.30. The summed E-state index contributed by atoms with van der Waals surface area (Å²) in [5, 5.41) is 0. The Bertz CT molecular complexity index is 500. The Morgan fingerprint density at radius 2 is 2.28 bits per heavy atom. The molecule has 0 aliphatic carbocycles. The fraction of sp³-hybridized carbons (Fsp3) is 0.400. The molecule has 1 rings (SSSR count). The van der Waals surface area contributed by atoms with Gasteiger partial charge in [0.2, 0.25) is 10.0 Å². The maximum Gasteiger partial charge on any atom is 0.242 e. The van der Waals surface area contributed by atoms with Crippen LogP contribution in [-0.4, -0.2) is 38.1 Å². The van der Waals surface area contributed by atoms with Gasteiger partial charge in [0.25, 0.3) is 0 Å². The van der Waals surface area contributed by atoms with E-state index in [1.54, 1.807) is 0 Å². The number of sulfonamides is 1. The Kier molecular flexibility index (Phi) is 5.60. The second-order valence-corrected chi connectivity index (χ2v) is 5.54. The number of thiocarbonyl (C=S) groups is 1. The summed E-state index contributed by atoms with van der Waals surface area (Å²) >= 11 is 4.73. The molecule has 100 valence electrons. The molecule has 8 heteroatoms. The highest BCUT2D eigenvalue weighted by atomic mass is 32.2. The zero-order valence-electron chi connectivity index (χ0n) is 9.92. The molecule has 3 N–H and O–H groups in total. The fourth-order valence-electron chi connectivity index (χ4n) is 1.16. The number of rotatable bonds is 7. The molecule has 6 nitrogen and oxygen atoms in total. The third kappa shape index (κ3) is 4.30. The molecule has 0 bridgehead atoms. The Hall–Kier alpha value is -1.09. The summed E-state index contributed by atoms with van der Waals surface area (Å²) in [5.74, 6) is 0. The molecule has 0 saturated carbocycles. The number of hydrogen-bond acceptors (Lipinski definition) is 5. The summed E-state index contributed by atoms with van der Waals surface area (Å²) in [6.45, 7) is 2.93. The summed E-state index contributed by atoms with van der Waals surface area (Å²) in [4.78, 5) is 4.07. The number of ether oxygens (including phenoxy) is 1. The van der Waals surface area contributed by atoms with Crippen LogP contribution in [0.5, 0.6) is 0 Å². The Morgan fingerprint density at radius 1 is 1.56 bits per heavy atom. The van der Waals surface area contributed by atoms with Crippen LogP contribution >= 0.6 is 12.2 Å². The number of pyridine rings is 1. The standard InChI is InChI=1S/C10H15N3O3S2/c1-2-16-6-5-13-18(14,15)8-3-4-9(10(11)17)12-7-8/h3-4,7,13H,2,5-6H2,1H3,(H2,11,17). The zero-order chi connectivity index (χ0) is 13.6. The van der Waals surface area contributed by atoms with Gasteiger partial charge in [0.15, 0.2) is 0 Å². The Morgan fingerprint density at radius 3 is 2.78 bits per heavy atom. The molecule has 0 spiro atoms. The molecule has 0 aromatic carbocycles. The molecule has 0 atom stereocenters. The van der Waals surface area contributed by atoms with Gasteiger partial charge in [0.1, 0.15) is 9.88 Å². The van der Waals surface area contributed by atoms with Crippen molar-refractivity contribution in [1.29, 1.82) is 0 Å². The SMILES string of the molecule is CCOCCNS(=O)(=O)c1ccc(C(N)=S)nc1. The number of nitrogens with zero attached hydrogens (tertiary/aromatic N) is 1. The normalized spacial score (nSPS) is 11.4. The van der Waals surface area contributed by atoms with Crippen molar-refractivity contribution in [3.8, 4) is 0 Å². The van der Waals surface area contributed by atoms with Crippen LogP contribution in [-0.2, 0) is 14.8 Å². The molecule has 1 heterocycles. The lowest BCUT2D eigenvalue weighted by Crippen LogP contribution is -2.27. The van der Waals surface area contributed by atoms with Crippen LogP contribution in [0.25, 0.3) is 0 Å². The molecule has 0 unspecified atom stereocenters. The average Bonchev–Trinajstić information content (AvgIpc) is 2.35. The summed E-state index contributed by atoms with van der Waals surface area (Å²) in [7, 11) is -3.56. The van der Waals surface area contributed by atoms with E-state index in [0.29, 0.717) is 18.9 Å². The van der Waals surface area contributed by atoms with E-state index < -0.39 is 10.0 Å². The van der Waals surface area contributed by atoms with E-state index >= 15 is 0 Å². The van der Waals surface area contributed by atoms with Crippen LogP contribution in [0.1, 0.15) is 12.6 Å². The van der Waals surface area contributed by atoms with Crippen LogP contribution < -0.4 is 10.5 Å². The van der Waals surface area contributed by atoms with Gasteiger partial charge in [-0.25, -0.2) is 13.1 Å². The lowest BCUT2D eigenvalue weighted by molar-refractivity contribution is 0.153. The van der Waals surface area contributed by atoms with Crippen molar-refractivity contribution in [3.05, 3.63) is 24.0 Å². The molecule has 1 aromatic rings. The van der Waals surface area contributed by atoms with Gasteiger partial charge in [0, 0.05) is 19.3 Å². The molecule has 0 aliphatic heterocycles. The van der Waals surface area contributed by atoms with Gasteiger partial charge in [-0.2, -0.15) is 0 Å². The quantitative estimate of drug-likeness (QED) is 0.543. The summed E-state index contributed by atoms with van der Waals surface area (Å²) < 4.78 is 31.1. The van der Waals surface area contributed by atoms with Crippen molar-refractivity contribution >= 4 is 27.2 Å². The van der Waals surface area contributed by atoms with Crippen molar-refractivity contribution in [2.45, 2.75) is 11.8 Å². The van der Waals surface area contributed by atoms with Crippen LogP contribution in [0, 0.1) is 0 Å². The molecular weight excluding hydrogens is 274 g/mol. The molecule has 1 aromatic heterocycles. The minimum absolute atomic E-state index is 0.0685. The monoisotopic (exact) mass is 289 g/mol. The van der Waals surface area contributed by atoms with E-state index in [1.165, 1.54) is 18.3 Å². The van der Waals surface area contributed by atoms with Crippen molar-refractivity contribution in [2.75, 3.05) is 19.8 Å². The molecule has 0 aliphatic rings. The van der Waals surface area contributed by atoms with E-state index in [1.807, 2.05) is 6.92 Å². The van der Waals surface area contributed by atoms with Crippen molar-refractivity contribution in [1.82, 2.24) is 9.71 Å². The Balaban J connectivity index is 2.70. The van der Waals surface area contributed by atoms with Gasteiger partial charge >= 0.3 is 0 Å². The first kappa shape index (κ1) is 15.0. The predicted molar refractivity (Wildman–Crippen MR) is 71.8 cm³/mol. The van der Waals surface area contributed by atoms with Gasteiger partial charge in [-0.15, -0.1) is 0 Å². The van der Waals surface area contributed by atoms with E-state index in [0.717, 1.165) is 0 Å². The van der Waals surface area contributed by atoms with Crippen molar-refractivity contribution in [2.24, 2.45) is 5.73 Å². The largest absolute Gasteiger partial charge is 0.388 e. The number of nitrogens with two attached hydrogens (primary N) is 1. The minimum atomic E-state index is -3.56. The summed E-state index contributed by atoms with van der Waals surface area (Å²) in [5.41, 5.74) is 5.76. The maximum absolute atomic E-state index is 11.8. The Labute approximate surface area is 112 Å². The molecule has 0 fully saturated rings. The summed E-state index contributed by atoms with van der Waals surface area (Å²) in [6.07, 6.45) is 1.22. The van der Waals surface area contributed by atoms with Gasteiger partial charge in [0.05, 0.1) is 12.3 Å². The van der Waals surface area contributed by atoms with Crippen LogP contribution in [0.3, 0.4) is 0 Å². The third-order valence-corrected chi connectivity index (χ3v) is 3.70. The molecule has 0 amide bonds. The molecule has 0 saturated heterocycles. The number of nitrogens with one attached hydrogen (secondary N) is 1. The maximum atomic E-state index is 11.8. The number of hydrogen-bond donors (Lipinski definition) is 2. The second kappa shape index (κ2) is 6.74. The van der Waals surface area contributed by atoms with E-state index in [4.69, 9.17) is 22.7 Å². The first-order chi connectivity index (χ1) is 8.47. The highest BCUT2D eigenvalue weighted by Crippen LogP contribution is 2.07. The van der Waals surface area contributed by atoms with E-state index in [-0.39, 0.29) is 16.4 Å². The fourth-order valence-corrected chi connectivity index (χ4v) is 2.24. The predicted octanol–water partition coefficient (Wildman–Crippen LogP) is 0.0306. The third-order valence-electron chi connectivity index (χ3n) is 2.04. The number of aromatic nitrogens is 1. The van der Waals surface area contributed by atoms with Crippen LogP contribution in [0.2, 0.25) is 0 Å². The topological polar surface area (TPSA) is 94.3 Å². The second-order valence-electron chi connectivity index (χ2n) is 3.34. The average molecular weight is 289 g/mol. The van der Waals surface area contributed by atoms with Crippen molar-refractivity contribution in [3.63, 3.8) is 0 Å². The van der Waals surface area contributed by atoms with Crippen LogP contribution in [0.15, 0.2) is 23.2 Å². The van der Waals surface area contributed by atoms with Gasteiger partial charge < -0.3 is 10.5 Å². The highest BCUT2D eigenvalue weighted by molar-refractivity contribution is 7.89. The molecule has 0 radical (unpaired) electrons. The van der Waals surface area contributed by atoms with Gasteiger partial charge in [-0.1, -0.05) is 12.2 Å². The first-order valence-corrected chi connectivity index (χ1v) is 7.19. The van der Waals surface area contributed by atoms with Gasteiger partial charge in [-0.05, 0) is 19.1 Å². The smallest absolute Gasteiger partial charge is 0.242 e. The minimum Gasteiger partial charge on any atom is -0.388 e. The van der Waals surface area contributed by atoms with Gasteiger partial charge in [-0.3, -0.25) is 4.98 Å². The lowest BCUT2D eigenvalue weighted by atomic mass is 10.3. The highest BCUT2D eigenvalue weighted by Gasteiger charge is 2.13. The van der Waals surface area contributed by atoms with E-state index in [2.05, 4.69) is 9.71 Å².